The van der Waals surface area contributed by atoms with E-state index in [1.165, 1.54) is 0 Å². The smallest absolute Gasteiger partial charge is 0.257 e. The summed E-state index contributed by atoms with van der Waals surface area (Å²) in [6, 6.07) is 14.6. The normalized spacial score (nSPS) is 11.3. The molecule has 0 fully saturated rings. The Morgan fingerprint density at radius 2 is 1.83 bits per heavy atom. The zero-order valence-corrected chi connectivity index (χ0v) is 17.7. The van der Waals surface area contributed by atoms with Crippen LogP contribution in [-0.2, 0) is 34.1 Å². The summed E-state index contributed by atoms with van der Waals surface area (Å²) >= 11 is 0. The van der Waals surface area contributed by atoms with Gasteiger partial charge in [-0.15, -0.1) is 0 Å². The Bertz CT molecular complexity index is 1110. The lowest BCUT2D eigenvalue weighted by Crippen LogP contribution is -2.27. The van der Waals surface area contributed by atoms with Crippen LogP contribution in [0.5, 0.6) is 0 Å². The second-order valence-corrected chi connectivity index (χ2v) is 8.62. The lowest BCUT2D eigenvalue weighted by atomic mass is 10.1. The van der Waals surface area contributed by atoms with Crippen LogP contribution in [0.2, 0.25) is 0 Å². The van der Waals surface area contributed by atoms with Crippen molar-refractivity contribution in [2.45, 2.75) is 26.2 Å². The summed E-state index contributed by atoms with van der Waals surface area (Å²) in [5, 5.41) is 6.76. The van der Waals surface area contributed by atoms with Crippen molar-refractivity contribution < 1.29 is 17.7 Å². The minimum Gasteiger partial charge on any atom is -0.355 e. The van der Waals surface area contributed by atoms with Gasteiger partial charge in [-0.05, 0) is 35.7 Å². The van der Waals surface area contributed by atoms with E-state index in [0.29, 0.717) is 35.9 Å². The van der Waals surface area contributed by atoms with E-state index in [1.54, 1.807) is 24.3 Å². The Morgan fingerprint density at radius 1 is 1.10 bits per heavy atom. The molecular weight excluding hydrogens is 404 g/mol. The van der Waals surface area contributed by atoms with Crippen LogP contribution in [0.25, 0.3) is 11.5 Å². The predicted molar refractivity (Wildman–Crippen MR) is 114 cm³/mol. The summed E-state index contributed by atoms with van der Waals surface area (Å²) in [7, 11) is -3.41. The molecule has 1 amide bonds. The fraction of sp³-hybridized carbons (Fsp3) is 0.286. The molecule has 158 valence electrons. The highest BCUT2D eigenvalue weighted by atomic mass is 32.2. The lowest BCUT2D eigenvalue weighted by Gasteiger charge is -2.11. The molecule has 0 radical (unpaired) electrons. The van der Waals surface area contributed by atoms with Gasteiger partial charge in [0.25, 0.3) is 5.89 Å². The molecule has 0 aliphatic rings. The molecule has 0 saturated carbocycles. The van der Waals surface area contributed by atoms with Gasteiger partial charge in [0.05, 0.1) is 18.4 Å². The van der Waals surface area contributed by atoms with Gasteiger partial charge in [0, 0.05) is 18.5 Å². The summed E-state index contributed by atoms with van der Waals surface area (Å²) in [5.41, 5.74) is 2.95. The average Bonchev–Trinajstić information content (AvgIpc) is 3.18. The van der Waals surface area contributed by atoms with Gasteiger partial charge in [-0.3, -0.25) is 9.52 Å². The van der Waals surface area contributed by atoms with Gasteiger partial charge < -0.3 is 9.84 Å². The van der Waals surface area contributed by atoms with E-state index in [0.717, 1.165) is 23.8 Å². The van der Waals surface area contributed by atoms with Gasteiger partial charge in [-0.2, -0.15) is 4.98 Å². The summed E-state index contributed by atoms with van der Waals surface area (Å²) in [5.74, 6) is 0.991. The molecule has 0 saturated heterocycles. The first-order valence-corrected chi connectivity index (χ1v) is 11.5. The standard InChI is InChI=1S/C21H24N4O4S/c1-3-19-23-21(29-24-19)16-10-8-15(9-11-16)12-13-22-20(26)14-17-6-4-5-7-18(17)25-30(2,27)28/h4-11,25H,3,12-14H2,1-2H3,(H,22,26). The number of hydrogen-bond acceptors (Lipinski definition) is 6. The molecule has 3 rings (SSSR count). The molecule has 0 atom stereocenters. The van der Waals surface area contributed by atoms with Gasteiger partial charge in [0.15, 0.2) is 5.82 Å². The number of sulfonamides is 1. The summed E-state index contributed by atoms with van der Waals surface area (Å²) in [4.78, 5) is 16.6. The van der Waals surface area contributed by atoms with Crippen molar-refractivity contribution in [1.82, 2.24) is 15.5 Å². The van der Waals surface area contributed by atoms with Crippen molar-refractivity contribution in [2.75, 3.05) is 17.5 Å². The molecule has 30 heavy (non-hydrogen) atoms. The molecule has 0 unspecified atom stereocenters. The van der Waals surface area contributed by atoms with E-state index in [2.05, 4.69) is 20.2 Å². The van der Waals surface area contributed by atoms with Gasteiger partial charge >= 0.3 is 0 Å². The predicted octanol–water partition coefficient (Wildman–Crippen LogP) is 2.57. The number of rotatable bonds is 9. The lowest BCUT2D eigenvalue weighted by molar-refractivity contribution is -0.120. The zero-order valence-electron chi connectivity index (χ0n) is 16.9. The van der Waals surface area contributed by atoms with E-state index in [1.807, 2.05) is 31.2 Å². The van der Waals surface area contributed by atoms with Crippen molar-refractivity contribution in [3.05, 3.63) is 65.5 Å². The molecule has 0 aliphatic heterocycles. The molecule has 0 aliphatic carbocycles. The van der Waals surface area contributed by atoms with Crippen LogP contribution in [0.15, 0.2) is 53.1 Å². The van der Waals surface area contributed by atoms with Crippen molar-refractivity contribution in [2.24, 2.45) is 0 Å². The maximum Gasteiger partial charge on any atom is 0.257 e. The van der Waals surface area contributed by atoms with Gasteiger partial charge in [-0.25, -0.2) is 8.42 Å². The number of nitrogens with zero attached hydrogens (tertiary/aromatic N) is 2. The fourth-order valence-electron chi connectivity index (χ4n) is 2.88. The van der Waals surface area contributed by atoms with Crippen LogP contribution < -0.4 is 10.0 Å². The molecule has 2 aromatic carbocycles. The number of hydrogen-bond donors (Lipinski definition) is 2. The SMILES string of the molecule is CCc1noc(-c2ccc(CCNC(=O)Cc3ccccc3NS(C)(=O)=O)cc2)n1. The number of amides is 1. The number of benzene rings is 2. The summed E-state index contributed by atoms with van der Waals surface area (Å²) < 4.78 is 30.6. The molecule has 0 spiro atoms. The first kappa shape index (κ1) is 21.5. The molecule has 1 aromatic heterocycles. The number of aryl methyl sites for hydroxylation is 1. The number of carbonyl (C=O) groups excluding carboxylic acids is 1. The van der Waals surface area contributed by atoms with Crippen LogP contribution in [0.1, 0.15) is 23.9 Å². The molecule has 3 aromatic rings. The Kier molecular flexibility index (Phi) is 6.83. The van der Waals surface area contributed by atoms with Crippen LogP contribution in [0, 0.1) is 0 Å². The van der Waals surface area contributed by atoms with Gasteiger partial charge in [0.1, 0.15) is 0 Å². The molecule has 1 heterocycles. The van der Waals surface area contributed by atoms with E-state index in [4.69, 9.17) is 4.52 Å². The summed E-state index contributed by atoms with van der Waals surface area (Å²) in [6.45, 7) is 2.44. The molecule has 0 bridgehead atoms. The average molecular weight is 429 g/mol. The third-order valence-electron chi connectivity index (χ3n) is 4.38. The number of aromatic nitrogens is 2. The Balaban J connectivity index is 1.51. The van der Waals surface area contributed by atoms with Crippen LogP contribution in [0.3, 0.4) is 0 Å². The van der Waals surface area contributed by atoms with Crippen molar-refractivity contribution in [3.63, 3.8) is 0 Å². The Morgan fingerprint density at radius 3 is 2.50 bits per heavy atom. The highest BCUT2D eigenvalue weighted by molar-refractivity contribution is 7.92. The quantitative estimate of drug-likeness (QED) is 0.541. The monoisotopic (exact) mass is 428 g/mol. The Hall–Kier alpha value is -3.20. The highest BCUT2D eigenvalue weighted by Crippen LogP contribution is 2.18. The number of anilines is 1. The molecular formula is C21H24N4O4S. The fourth-order valence-corrected chi connectivity index (χ4v) is 3.48. The molecule has 8 nitrogen and oxygen atoms in total. The largest absolute Gasteiger partial charge is 0.355 e. The van der Waals surface area contributed by atoms with Crippen LogP contribution in [-0.4, -0.2) is 37.3 Å². The highest BCUT2D eigenvalue weighted by Gasteiger charge is 2.11. The maximum atomic E-state index is 12.3. The maximum absolute atomic E-state index is 12.3. The van der Waals surface area contributed by atoms with Crippen molar-refractivity contribution in [1.29, 1.82) is 0 Å². The third-order valence-corrected chi connectivity index (χ3v) is 4.98. The zero-order chi connectivity index (χ0) is 21.6. The van der Waals surface area contributed by atoms with Gasteiger partial charge in [0.2, 0.25) is 15.9 Å². The minimum atomic E-state index is -3.41. The van der Waals surface area contributed by atoms with E-state index < -0.39 is 10.0 Å². The number of carbonyl (C=O) groups is 1. The number of nitrogens with one attached hydrogen (secondary N) is 2. The second-order valence-electron chi connectivity index (χ2n) is 6.87. The minimum absolute atomic E-state index is 0.0918. The summed E-state index contributed by atoms with van der Waals surface area (Å²) in [6.07, 6.45) is 2.56. The van der Waals surface area contributed by atoms with Crippen molar-refractivity contribution in [3.8, 4) is 11.5 Å². The van der Waals surface area contributed by atoms with Crippen LogP contribution in [0.4, 0.5) is 5.69 Å². The molecule has 9 heteroatoms. The second kappa shape index (κ2) is 9.53. The first-order valence-electron chi connectivity index (χ1n) is 9.58. The van der Waals surface area contributed by atoms with E-state index in [9.17, 15) is 13.2 Å². The van der Waals surface area contributed by atoms with Gasteiger partial charge in [-0.1, -0.05) is 42.4 Å². The van der Waals surface area contributed by atoms with Crippen molar-refractivity contribution >= 4 is 21.6 Å². The van der Waals surface area contributed by atoms with E-state index >= 15 is 0 Å². The third kappa shape index (κ3) is 6.15. The topological polar surface area (TPSA) is 114 Å². The first-order chi connectivity index (χ1) is 14.3. The van der Waals surface area contributed by atoms with E-state index in [-0.39, 0.29) is 12.3 Å². The molecule has 2 N–H and O–H groups in total. The Labute approximate surface area is 175 Å². The number of para-hydroxylation sites is 1. The van der Waals surface area contributed by atoms with Crippen LogP contribution >= 0.6 is 0 Å².